The predicted octanol–water partition coefficient (Wildman–Crippen LogP) is 6.64. The standard InChI is InChI=1S/C20H8Cl2O2S2/c21-10-5-7-11-14(8-10)25-19(16(11)23)20-17(24)12-6-4-9-2-1-3-13(22)15(9)18(12)26-20/h1-8H/b20-19+. The molecule has 0 N–H and O–H groups in total. The Balaban J connectivity index is 1.69. The first-order chi connectivity index (χ1) is 12.5. The van der Waals surface area contributed by atoms with Gasteiger partial charge in [-0.15, -0.1) is 0 Å². The van der Waals surface area contributed by atoms with Crippen molar-refractivity contribution in [3.63, 3.8) is 0 Å². The van der Waals surface area contributed by atoms with Crippen LogP contribution >= 0.6 is 46.7 Å². The van der Waals surface area contributed by atoms with E-state index in [1.165, 1.54) is 23.5 Å². The van der Waals surface area contributed by atoms with Gasteiger partial charge in [-0.25, -0.2) is 0 Å². The van der Waals surface area contributed by atoms with Crippen LogP contribution in [0.1, 0.15) is 20.7 Å². The Bertz CT molecular complexity index is 1200. The number of benzene rings is 3. The van der Waals surface area contributed by atoms with Crippen molar-refractivity contribution in [3.05, 3.63) is 79.5 Å². The lowest BCUT2D eigenvalue weighted by Gasteiger charge is -2.05. The zero-order valence-electron chi connectivity index (χ0n) is 13.0. The molecule has 0 saturated heterocycles. The van der Waals surface area contributed by atoms with E-state index in [1.54, 1.807) is 18.2 Å². The Morgan fingerprint density at radius 3 is 2.35 bits per heavy atom. The average Bonchev–Trinajstić information content (AvgIpc) is 3.12. The number of Topliss-reactive ketones (excluding diaryl/α,β-unsaturated/α-hetero) is 2. The number of rotatable bonds is 0. The maximum atomic E-state index is 13.0. The van der Waals surface area contributed by atoms with E-state index in [2.05, 4.69) is 0 Å². The van der Waals surface area contributed by atoms with Crippen molar-refractivity contribution >= 4 is 69.1 Å². The van der Waals surface area contributed by atoms with Crippen LogP contribution in [0.4, 0.5) is 0 Å². The van der Waals surface area contributed by atoms with Gasteiger partial charge < -0.3 is 0 Å². The normalized spacial score (nSPS) is 18.5. The number of allylic oxidation sites excluding steroid dienone is 2. The minimum atomic E-state index is -0.124. The van der Waals surface area contributed by atoms with Crippen LogP contribution in [0.2, 0.25) is 10.0 Å². The number of ketones is 2. The molecule has 0 fully saturated rings. The highest BCUT2D eigenvalue weighted by atomic mass is 35.5. The van der Waals surface area contributed by atoms with Gasteiger partial charge in [0.05, 0.1) is 9.81 Å². The summed E-state index contributed by atoms with van der Waals surface area (Å²) < 4.78 is 0. The smallest absolute Gasteiger partial charge is 0.202 e. The van der Waals surface area contributed by atoms with Gasteiger partial charge in [0.15, 0.2) is 0 Å². The van der Waals surface area contributed by atoms with Crippen molar-refractivity contribution in [2.75, 3.05) is 0 Å². The van der Waals surface area contributed by atoms with Crippen LogP contribution < -0.4 is 0 Å². The third kappa shape index (κ3) is 2.30. The summed E-state index contributed by atoms with van der Waals surface area (Å²) in [4.78, 5) is 28.3. The van der Waals surface area contributed by atoms with Gasteiger partial charge in [0, 0.05) is 36.3 Å². The summed E-state index contributed by atoms with van der Waals surface area (Å²) >= 11 is 15.1. The number of carbonyl (C=O) groups is 2. The summed E-state index contributed by atoms with van der Waals surface area (Å²) in [6.07, 6.45) is 0. The number of halogens is 2. The second-order valence-electron chi connectivity index (χ2n) is 5.94. The van der Waals surface area contributed by atoms with Gasteiger partial charge in [-0.05, 0) is 35.7 Å². The second-order valence-corrected chi connectivity index (χ2v) is 8.86. The highest BCUT2D eigenvalue weighted by Crippen LogP contribution is 2.52. The first-order valence-electron chi connectivity index (χ1n) is 7.75. The number of hydrogen-bond acceptors (Lipinski definition) is 4. The molecule has 3 aromatic carbocycles. The largest absolute Gasteiger partial charge is 0.288 e. The molecule has 2 nitrogen and oxygen atoms in total. The molecule has 0 unspecified atom stereocenters. The topological polar surface area (TPSA) is 34.1 Å². The average molecular weight is 415 g/mol. The fraction of sp³-hybridized carbons (Fsp3) is 0. The molecule has 0 aromatic heterocycles. The molecule has 2 aliphatic rings. The molecule has 5 rings (SSSR count). The summed E-state index contributed by atoms with van der Waals surface area (Å²) in [7, 11) is 0. The zero-order chi connectivity index (χ0) is 18.0. The first kappa shape index (κ1) is 16.5. The van der Waals surface area contributed by atoms with Gasteiger partial charge in [0.2, 0.25) is 11.6 Å². The maximum Gasteiger partial charge on any atom is 0.202 e. The lowest BCUT2D eigenvalue weighted by atomic mass is 10.0. The molecule has 0 amide bonds. The Morgan fingerprint density at radius 1 is 0.769 bits per heavy atom. The molecular weight excluding hydrogens is 407 g/mol. The Morgan fingerprint density at radius 2 is 1.50 bits per heavy atom. The van der Waals surface area contributed by atoms with Crippen molar-refractivity contribution in [2.24, 2.45) is 0 Å². The third-order valence-electron chi connectivity index (χ3n) is 4.41. The molecule has 0 radical (unpaired) electrons. The number of hydrogen-bond donors (Lipinski definition) is 0. The molecular formula is C20H8Cl2O2S2. The van der Waals surface area contributed by atoms with Gasteiger partial charge in [0.1, 0.15) is 0 Å². The van der Waals surface area contributed by atoms with E-state index < -0.39 is 0 Å². The van der Waals surface area contributed by atoms with Crippen LogP contribution in [0.5, 0.6) is 0 Å². The van der Waals surface area contributed by atoms with Crippen molar-refractivity contribution < 1.29 is 9.59 Å². The fourth-order valence-electron chi connectivity index (χ4n) is 3.20. The minimum Gasteiger partial charge on any atom is -0.288 e. The SMILES string of the molecule is O=C1/C(=C2\Sc3c(ccc4cccc(Cl)c34)C2=O)Sc2cc(Cl)ccc21. The first-order valence-corrected chi connectivity index (χ1v) is 10.1. The lowest BCUT2D eigenvalue weighted by Crippen LogP contribution is -2.01. The predicted molar refractivity (Wildman–Crippen MR) is 108 cm³/mol. The summed E-state index contributed by atoms with van der Waals surface area (Å²) in [6, 6.07) is 14.5. The number of thioether (sulfide) groups is 2. The molecule has 0 bridgehead atoms. The van der Waals surface area contributed by atoms with Crippen LogP contribution in [-0.2, 0) is 0 Å². The molecule has 2 aliphatic heterocycles. The van der Waals surface area contributed by atoms with E-state index in [9.17, 15) is 9.59 Å². The Kier molecular flexibility index (Phi) is 3.73. The highest BCUT2D eigenvalue weighted by molar-refractivity contribution is 8.08. The van der Waals surface area contributed by atoms with Gasteiger partial charge >= 0.3 is 0 Å². The van der Waals surface area contributed by atoms with Crippen LogP contribution in [0, 0.1) is 0 Å². The molecule has 3 aromatic rings. The number of carbonyl (C=O) groups excluding carboxylic acids is 2. The van der Waals surface area contributed by atoms with E-state index >= 15 is 0 Å². The van der Waals surface area contributed by atoms with E-state index in [0.717, 1.165) is 20.6 Å². The van der Waals surface area contributed by atoms with E-state index in [1.807, 2.05) is 30.3 Å². The zero-order valence-corrected chi connectivity index (χ0v) is 16.2. The third-order valence-corrected chi connectivity index (χ3v) is 7.47. The minimum absolute atomic E-state index is 0.124. The van der Waals surface area contributed by atoms with Crippen LogP contribution in [0.25, 0.3) is 10.8 Å². The second kappa shape index (κ2) is 5.89. The monoisotopic (exact) mass is 414 g/mol. The van der Waals surface area contributed by atoms with Crippen molar-refractivity contribution in [3.8, 4) is 0 Å². The Labute approximate surface area is 167 Å². The molecule has 2 heterocycles. The lowest BCUT2D eigenvalue weighted by molar-refractivity contribution is 0.101. The van der Waals surface area contributed by atoms with E-state index in [-0.39, 0.29) is 11.6 Å². The summed E-state index contributed by atoms with van der Waals surface area (Å²) in [5.41, 5.74) is 1.19. The summed E-state index contributed by atoms with van der Waals surface area (Å²) in [6.45, 7) is 0. The van der Waals surface area contributed by atoms with E-state index in [4.69, 9.17) is 23.2 Å². The van der Waals surface area contributed by atoms with Gasteiger partial charge in [0.25, 0.3) is 0 Å². The molecule has 0 atom stereocenters. The van der Waals surface area contributed by atoms with Crippen molar-refractivity contribution in [1.82, 2.24) is 0 Å². The van der Waals surface area contributed by atoms with Crippen LogP contribution in [0.15, 0.2) is 68.1 Å². The molecule has 0 aliphatic carbocycles. The van der Waals surface area contributed by atoms with Gasteiger partial charge in [-0.1, -0.05) is 64.9 Å². The Hall–Kier alpha value is -1.72. The van der Waals surface area contributed by atoms with Crippen molar-refractivity contribution in [1.29, 1.82) is 0 Å². The molecule has 26 heavy (non-hydrogen) atoms. The summed E-state index contributed by atoms with van der Waals surface area (Å²) in [5, 5.41) is 3.01. The van der Waals surface area contributed by atoms with E-state index in [0.29, 0.717) is 31.0 Å². The van der Waals surface area contributed by atoms with Gasteiger partial charge in [-0.3, -0.25) is 9.59 Å². The molecule has 126 valence electrons. The molecule has 6 heteroatoms. The molecule has 0 saturated carbocycles. The van der Waals surface area contributed by atoms with Crippen LogP contribution in [0.3, 0.4) is 0 Å². The number of fused-ring (bicyclic) bond motifs is 4. The fourth-order valence-corrected chi connectivity index (χ4v) is 6.28. The highest BCUT2D eigenvalue weighted by Gasteiger charge is 2.37. The van der Waals surface area contributed by atoms with Crippen molar-refractivity contribution in [2.45, 2.75) is 9.79 Å². The van der Waals surface area contributed by atoms with Gasteiger partial charge in [-0.2, -0.15) is 0 Å². The maximum absolute atomic E-state index is 13.0. The van der Waals surface area contributed by atoms with Crippen LogP contribution in [-0.4, -0.2) is 11.6 Å². The molecule has 0 spiro atoms. The quantitative estimate of drug-likeness (QED) is 0.386. The summed E-state index contributed by atoms with van der Waals surface area (Å²) in [5.74, 6) is -0.248.